The summed E-state index contributed by atoms with van der Waals surface area (Å²) in [7, 11) is 0. The molecule has 0 saturated carbocycles. The standard InChI is InChI=1S/C10H11N2O4/c1-3-7(2)8-5-4-6-9(11(13)14)10(8)12(15)16/h4,6-7H,3H2,1-2H3. The Morgan fingerprint density at radius 1 is 1.38 bits per heavy atom. The number of rotatable bonds is 4. The SMILES string of the molecule is CCC(C)c1[c]ccc([N+](=O)[O-])c1[N+](=O)[O-]. The summed E-state index contributed by atoms with van der Waals surface area (Å²) in [6.07, 6.45) is 0.665. The molecule has 0 aromatic heterocycles. The van der Waals surface area contributed by atoms with Gasteiger partial charge in [0.15, 0.2) is 0 Å². The van der Waals surface area contributed by atoms with Crippen LogP contribution in [-0.4, -0.2) is 9.85 Å². The molecular formula is C10H11N2O4. The Morgan fingerprint density at radius 3 is 2.44 bits per heavy atom. The van der Waals surface area contributed by atoms with Crippen LogP contribution in [0.4, 0.5) is 11.4 Å². The Hall–Kier alpha value is -1.98. The molecule has 1 rings (SSSR count). The van der Waals surface area contributed by atoms with Crippen LogP contribution in [0.3, 0.4) is 0 Å². The van der Waals surface area contributed by atoms with Crippen LogP contribution in [0.1, 0.15) is 31.7 Å². The van der Waals surface area contributed by atoms with Gasteiger partial charge in [0.25, 0.3) is 0 Å². The van der Waals surface area contributed by atoms with Gasteiger partial charge < -0.3 is 0 Å². The fourth-order valence-electron chi connectivity index (χ4n) is 1.41. The van der Waals surface area contributed by atoms with Crippen molar-refractivity contribution in [1.82, 2.24) is 0 Å². The molecule has 0 fully saturated rings. The zero-order valence-corrected chi connectivity index (χ0v) is 8.97. The lowest BCUT2D eigenvalue weighted by molar-refractivity contribution is -0.423. The normalized spacial score (nSPS) is 12.1. The van der Waals surface area contributed by atoms with Gasteiger partial charge in [0.05, 0.1) is 9.85 Å². The van der Waals surface area contributed by atoms with Crippen LogP contribution in [0.2, 0.25) is 0 Å². The van der Waals surface area contributed by atoms with E-state index in [-0.39, 0.29) is 5.92 Å². The van der Waals surface area contributed by atoms with E-state index >= 15 is 0 Å². The molecule has 1 radical (unpaired) electrons. The Morgan fingerprint density at radius 2 is 2.00 bits per heavy atom. The fraction of sp³-hybridized carbons (Fsp3) is 0.400. The predicted molar refractivity (Wildman–Crippen MR) is 57.3 cm³/mol. The van der Waals surface area contributed by atoms with Crippen molar-refractivity contribution in [3.63, 3.8) is 0 Å². The van der Waals surface area contributed by atoms with Gasteiger partial charge in [-0.25, -0.2) is 0 Å². The number of benzene rings is 1. The van der Waals surface area contributed by atoms with Gasteiger partial charge in [0.1, 0.15) is 0 Å². The molecule has 0 aliphatic heterocycles. The van der Waals surface area contributed by atoms with Gasteiger partial charge in [-0.3, -0.25) is 20.2 Å². The summed E-state index contributed by atoms with van der Waals surface area (Å²) in [6, 6.07) is 5.17. The van der Waals surface area contributed by atoms with Crippen LogP contribution in [-0.2, 0) is 0 Å². The van der Waals surface area contributed by atoms with Gasteiger partial charge in [-0.1, -0.05) is 13.8 Å². The topological polar surface area (TPSA) is 86.3 Å². The first-order valence-electron chi connectivity index (χ1n) is 4.82. The minimum atomic E-state index is -0.738. The second-order valence-electron chi connectivity index (χ2n) is 3.45. The van der Waals surface area contributed by atoms with Gasteiger partial charge in [-0.2, -0.15) is 0 Å². The van der Waals surface area contributed by atoms with E-state index in [0.717, 1.165) is 6.07 Å². The van der Waals surface area contributed by atoms with E-state index in [1.165, 1.54) is 6.07 Å². The molecule has 6 heteroatoms. The minimum Gasteiger partial charge on any atom is -0.258 e. The molecule has 0 aliphatic carbocycles. The van der Waals surface area contributed by atoms with Crippen LogP contribution < -0.4 is 0 Å². The molecular weight excluding hydrogens is 212 g/mol. The highest BCUT2D eigenvalue weighted by molar-refractivity contribution is 5.58. The summed E-state index contributed by atoms with van der Waals surface area (Å²) in [5.41, 5.74) is -0.623. The molecule has 0 heterocycles. The number of nitrogens with zero attached hydrogens (tertiary/aromatic N) is 2. The molecule has 0 bridgehead atoms. The predicted octanol–water partition coefficient (Wildman–Crippen LogP) is 2.82. The largest absolute Gasteiger partial charge is 0.350 e. The molecule has 85 valence electrons. The quantitative estimate of drug-likeness (QED) is 0.580. The smallest absolute Gasteiger partial charge is 0.258 e. The van der Waals surface area contributed by atoms with Gasteiger partial charge in [0.2, 0.25) is 0 Å². The van der Waals surface area contributed by atoms with E-state index in [1.54, 1.807) is 6.92 Å². The van der Waals surface area contributed by atoms with Crippen molar-refractivity contribution < 1.29 is 9.85 Å². The lowest BCUT2D eigenvalue weighted by Gasteiger charge is -2.08. The summed E-state index contributed by atoms with van der Waals surface area (Å²) in [4.78, 5) is 20.1. The van der Waals surface area contributed by atoms with Crippen molar-refractivity contribution in [2.45, 2.75) is 26.2 Å². The first-order valence-corrected chi connectivity index (χ1v) is 4.82. The molecule has 0 spiro atoms. The Bertz CT molecular complexity index is 431. The van der Waals surface area contributed by atoms with E-state index in [2.05, 4.69) is 6.07 Å². The third-order valence-electron chi connectivity index (χ3n) is 2.46. The summed E-state index contributed by atoms with van der Waals surface area (Å²) in [6.45, 7) is 3.64. The second kappa shape index (κ2) is 4.69. The van der Waals surface area contributed by atoms with Crippen LogP contribution in [0, 0.1) is 26.3 Å². The maximum absolute atomic E-state index is 10.8. The maximum Gasteiger partial charge on any atom is 0.350 e. The van der Waals surface area contributed by atoms with Gasteiger partial charge >= 0.3 is 11.4 Å². The van der Waals surface area contributed by atoms with Crippen molar-refractivity contribution in [1.29, 1.82) is 0 Å². The summed E-state index contributed by atoms with van der Waals surface area (Å²) >= 11 is 0. The highest BCUT2D eigenvalue weighted by atomic mass is 16.6. The van der Waals surface area contributed by atoms with Crippen molar-refractivity contribution in [3.8, 4) is 0 Å². The molecule has 0 amide bonds. The van der Waals surface area contributed by atoms with Crippen LogP contribution in [0.15, 0.2) is 12.1 Å². The van der Waals surface area contributed by atoms with Gasteiger partial charge in [-0.05, 0) is 24.5 Å². The first kappa shape index (κ1) is 12.1. The van der Waals surface area contributed by atoms with E-state index in [9.17, 15) is 20.2 Å². The minimum absolute atomic E-state index is 0.125. The zero-order chi connectivity index (χ0) is 12.3. The van der Waals surface area contributed by atoms with Gasteiger partial charge in [0, 0.05) is 11.6 Å². The maximum atomic E-state index is 10.8. The molecule has 16 heavy (non-hydrogen) atoms. The number of nitro groups is 2. The Balaban J connectivity index is 3.44. The highest BCUT2D eigenvalue weighted by Crippen LogP contribution is 2.35. The van der Waals surface area contributed by atoms with Crippen molar-refractivity contribution in [2.75, 3.05) is 0 Å². The first-order chi connectivity index (χ1) is 7.49. The van der Waals surface area contributed by atoms with Crippen LogP contribution >= 0.6 is 0 Å². The lowest BCUT2D eigenvalue weighted by Crippen LogP contribution is -2.03. The summed E-state index contributed by atoms with van der Waals surface area (Å²) < 4.78 is 0. The monoisotopic (exact) mass is 223 g/mol. The number of nitro benzene ring substituents is 2. The molecule has 6 nitrogen and oxygen atoms in total. The zero-order valence-electron chi connectivity index (χ0n) is 8.97. The Kier molecular flexibility index (Phi) is 3.55. The van der Waals surface area contributed by atoms with E-state index in [4.69, 9.17) is 0 Å². The van der Waals surface area contributed by atoms with Crippen LogP contribution in [0.25, 0.3) is 0 Å². The lowest BCUT2D eigenvalue weighted by atomic mass is 9.96. The molecule has 1 atom stereocenters. The third kappa shape index (κ3) is 2.16. The average Bonchev–Trinajstić information content (AvgIpc) is 2.26. The van der Waals surface area contributed by atoms with Gasteiger partial charge in [-0.15, -0.1) is 0 Å². The molecule has 0 aliphatic rings. The Labute approximate surface area is 92.2 Å². The van der Waals surface area contributed by atoms with E-state index < -0.39 is 21.2 Å². The molecule has 0 N–H and O–H groups in total. The summed E-state index contributed by atoms with van der Waals surface area (Å²) in [5.74, 6) is -0.125. The van der Waals surface area contributed by atoms with E-state index in [0.29, 0.717) is 12.0 Å². The second-order valence-corrected chi connectivity index (χ2v) is 3.45. The third-order valence-corrected chi connectivity index (χ3v) is 2.46. The van der Waals surface area contributed by atoms with Crippen molar-refractivity contribution >= 4 is 11.4 Å². The van der Waals surface area contributed by atoms with Crippen LogP contribution in [0.5, 0.6) is 0 Å². The number of hydrogen-bond donors (Lipinski definition) is 0. The van der Waals surface area contributed by atoms with Crippen molar-refractivity contribution in [2.24, 2.45) is 0 Å². The summed E-state index contributed by atoms with van der Waals surface area (Å²) in [5, 5.41) is 21.5. The molecule has 1 aromatic carbocycles. The average molecular weight is 223 g/mol. The molecule has 1 aromatic rings. The molecule has 1 unspecified atom stereocenters. The molecule has 0 saturated heterocycles. The highest BCUT2D eigenvalue weighted by Gasteiger charge is 2.29. The van der Waals surface area contributed by atoms with Crippen molar-refractivity contribution in [3.05, 3.63) is 44.0 Å². The fourth-order valence-corrected chi connectivity index (χ4v) is 1.41. The number of hydrogen-bond acceptors (Lipinski definition) is 4. The van der Waals surface area contributed by atoms with E-state index in [1.807, 2.05) is 6.92 Å².